The van der Waals surface area contributed by atoms with Gasteiger partial charge in [-0.1, -0.05) is 22.9 Å². The topological polar surface area (TPSA) is 68.1 Å². The van der Waals surface area contributed by atoms with E-state index in [2.05, 4.69) is 9.97 Å². The number of hydrogen-bond donors (Lipinski definition) is 0. The molecule has 2 rings (SSSR count). The lowest BCUT2D eigenvalue weighted by molar-refractivity contribution is 0.452. The van der Waals surface area contributed by atoms with Crippen molar-refractivity contribution in [3.8, 4) is 0 Å². The summed E-state index contributed by atoms with van der Waals surface area (Å²) in [6, 6.07) is 0. The monoisotopic (exact) mass is 320 g/mol. The van der Waals surface area contributed by atoms with Crippen molar-refractivity contribution in [3.05, 3.63) is 28.4 Å². The third-order valence-corrected chi connectivity index (χ3v) is 6.31. The van der Waals surface area contributed by atoms with Gasteiger partial charge < -0.3 is 4.57 Å². The Labute approximate surface area is 120 Å². The smallest absolute Gasteiger partial charge is 0.254 e. The molecule has 6 nitrogen and oxygen atoms in total. The molecular formula is C10H13ClN4O2S2. The van der Waals surface area contributed by atoms with Crippen LogP contribution in [0.2, 0.25) is 4.47 Å². The van der Waals surface area contributed by atoms with Gasteiger partial charge in [-0.05, 0) is 6.92 Å². The van der Waals surface area contributed by atoms with Crippen LogP contribution >= 0.6 is 22.9 Å². The van der Waals surface area contributed by atoms with Crippen LogP contribution in [0.1, 0.15) is 11.5 Å². The van der Waals surface area contributed by atoms with Gasteiger partial charge in [-0.2, -0.15) is 4.31 Å². The van der Waals surface area contributed by atoms with Crippen LogP contribution in [0, 0.1) is 6.92 Å². The van der Waals surface area contributed by atoms with Crippen molar-refractivity contribution < 1.29 is 8.42 Å². The standard InChI is InChI=1S/C10H13ClN4O2S2/c1-7-9(18-10(11)13-7)19(16,17)15(3)6-8-12-4-5-14(8)2/h4-5H,6H2,1-3H3. The molecule has 0 aromatic carbocycles. The van der Waals surface area contributed by atoms with E-state index in [0.29, 0.717) is 11.5 Å². The molecule has 9 heteroatoms. The van der Waals surface area contributed by atoms with Crippen LogP contribution in [0.25, 0.3) is 0 Å². The number of thiazole rings is 1. The molecule has 19 heavy (non-hydrogen) atoms. The third kappa shape index (κ3) is 2.81. The summed E-state index contributed by atoms with van der Waals surface area (Å²) < 4.78 is 28.2. The predicted molar refractivity (Wildman–Crippen MR) is 73.7 cm³/mol. The zero-order valence-corrected chi connectivity index (χ0v) is 13.1. The molecule has 0 saturated heterocycles. The van der Waals surface area contributed by atoms with Gasteiger partial charge in [-0.15, -0.1) is 0 Å². The van der Waals surface area contributed by atoms with Crippen LogP contribution in [0.5, 0.6) is 0 Å². The highest BCUT2D eigenvalue weighted by atomic mass is 35.5. The number of nitrogens with zero attached hydrogens (tertiary/aromatic N) is 4. The fourth-order valence-electron chi connectivity index (χ4n) is 1.56. The Hall–Kier alpha value is -0.960. The first-order chi connectivity index (χ1) is 8.82. The summed E-state index contributed by atoms with van der Waals surface area (Å²) in [5.74, 6) is 0.666. The summed E-state index contributed by atoms with van der Waals surface area (Å²) in [6.45, 7) is 1.82. The van der Waals surface area contributed by atoms with Crippen LogP contribution in [-0.4, -0.2) is 34.3 Å². The fourth-order valence-corrected chi connectivity index (χ4v) is 4.62. The molecule has 0 saturated carbocycles. The second kappa shape index (κ2) is 5.20. The van der Waals surface area contributed by atoms with E-state index >= 15 is 0 Å². The Kier molecular flexibility index (Phi) is 3.95. The lowest BCUT2D eigenvalue weighted by Gasteiger charge is -2.15. The van der Waals surface area contributed by atoms with Crippen molar-refractivity contribution in [2.24, 2.45) is 7.05 Å². The highest BCUT2D eigenvalue weighted by Gasteiger charge is 2.27. The molecular weight excluding hydrogens is 308 g/mol. The van der Waals surface area contributed by atoms with Crippen LogP contribution in [0.15, 0.2) is 16.6 Å². The first-order valence-corrected chi connectivity index (χ1v) is 8.01. The number of aromatic nitrogens is 3. The van der Waals surface area contributed by atoms with Crippen molar-refractivity contribution in [2.75, 3.05) is 7.05 Å². The molecule has 0 amide bonds. The number of hydrogen-bond acceptors (Lipinski definition) is 5. The normalized spacial score (nSPS) is 12.3. The minimum Gasteiger partial charge on any atom is -0.337 e. The second-order valence-electron chi connectivity index (χ2n) is 4.06. The van der Waals surface area contributed by atoms with Gasteiger partial charge in [-0.3, -0.25) is 0 Å². The Balaban J connectivity index is 2.30. The molecule has 2 heterocycles. The number of rotatable bonds is 4. The highest BCUT2D eigenvalue weighted by Crippen LogP contribution is 2.29. The largest absolute Gasteiger partial charge is 0.337 e. The van der Waals surface area contributed by atoms with Gasteiger partial charge in [0, 0.05) is 26.5 Å². The zero-order chi connectivity index (χ0) is 14.2. The fraction of sp³-hybridized carbons (Fsp3) is 0.400. The van der Waals surface area contributed by atoms with Gasteiger partial charge in [0.1, 0.15) is 5.82 Å². The second-order valence-corrected chi connectivity index (χ2v) is 7.88. The Bertz CT molecular complexity index is 692. The maximum atomic E-state index is 12.4. The lowest BCUT2D eigenvalue weighted by atomic mass is 10.6. The number of aryl methyl sites for hydroxylation is 2. The summed E-state index contributed by atoms with van der Waals surface area (Å²) >= 11 is 6.72. The van der Waals surface area contributed by atoms with Gasteiger partial charge in [-0.25, -0.2) is 18.4 Å². The Morgan fingerprint density at radius 1 is 1.53 bits per heavy atom. The molecule has 0 bridgehead atoms. The summed E-state index contributed by atoms with van der Waals surface area (Å²) in [4.78, 5) is 8.04. The van der Waals surface area contributed by atoms with Crippen molar-refractivity contribution in [1.29, 1.82) is 0 Å². The van der Waals surface area contributed by atoms with Crippen molar-refractivity contribution >= 4 is 33.0 Å². The quantitative estimate of drug-likeness (QED) is 0.859. The molecule has 104 valence electrons. The van der Waals surface area contributed by atoms with E-state index in [1.54, 1.807) is 23.9 Å². The molecule has 2 aromatic rings. The van der Waals surface area contributed by atoms with Crippen LogP contribution < -0.4 is 0 Å². The van der Waals surface area contributed by atoms with Crippen LogP contribution in [0.3, 0.4) is 0 Å². The molecule has 0 aliphatic carbocycles. The highest BCUT2D eigenvalue weighted by molar-refractivity contribution is 7.91. The zero-order valence-electron chi connectivity index (χ0n) is 10.7. The van der Waals surface area contributed by atoms with Gasteiger partial charge in [0.05, 0.1) is 12.2 Å². The van der Waals surface area contributed by atoms with Gasteiger partial charge >= 0.3 is 0 Å². The first-order valence-electron chi connectivity index (χ1n) is 5.38. The molecule has 0 N–H and O–H groups in total. The number of imidazole rings is 1. The Morgan fingerprint density at radius 2 is 2.21 bits per heavy atom. The molecule has 0 unspecified atom stereocenters. The molecule has 0 aliphatic heterocycles. The average Bonchev–Trinajstić information content (AvgIpc) is 2.86. The predicted octanol–water partition coefficient (Wildman–Crippen LogP) is 1.66. The maximum Gasteiger partial charge on any atom is 0.254 e. The van der Waals surface area contributed by atoms with Crippen LogP contribution in [-0.2, 0) is 23.6 Å². The van der Waals surface area contributed by atoms with E-state index in [1.165, 1.54) is 11.4 Å². The molecule has 0 radical (unpaired) electrons. The van der Waals surface area contributed by atoms with Crippen molar-refractivity contribution in [2.45, 2.75) is 17.7 Å². The van der Waals surface area contributed by atoms with E-state index in [1.807, 2.05) is 7.05 Å². The number of halogens is 1. The molecule has 0 spiro atoms. The maximum absolute atomic E-state index is 12.4. The SMILES string of the molecule is Cc1nc(Cl)sc1S(=O)(=O)N(C)Cc1nccn1C. The minimum atomic E-state index is -3.59. The summed E-state index contributed by atoms with van der Waals surface area (Å²) in [5, 5.41) is 0. The summed E-state index contributed by atoms with van der Waals surface area (Å²) in [6.07, 6.45) is 3.40. The van der Waals surface area contributed by atoms with E-state index in [-0.39, 0.29) is 15.2 Å². The van der Waals surface area contributed by atoms with E-state index in [9.17, 15) is 8.42 Å². The molecule has 2 aromatic heterocycles. The van der Waals surface area contributed by atoms with E-state index in [0.717, 1.165) is 11.3 Å². The molecule has 0 aliphatic rings. The molecule has 0 atom stereocenters. The summed E-state index contributed by atoms with van der Waals surface area (Å²) in [5.41, 5.74) is 0.418. The van der Waals surface area contributed by atoms with Crippen molar-refractivity contribution in [1.82, 2.24) is 18.8 Å². The first kappa shape index (κ1) is 14.4. The van der Waals surface area contributed by atoms with Crippen LogP contribution in [0.4, 0.5) is 0 Å². The third-order valence-electron chi connectivity index (χ3n) is 2.66. The van der Waals surface area contributed by atoms with E-state index < -0.39 is 10.0 Å². The lowest BCUT2D eigenvalue weighted by Crippen LogP contribution is -2.27. The van der Waals surface area contributed by atoms with Gasteiger partial charge in [0.2, 0.25) is 0 Å². The van der Waals surface area contributed by atoms with Crippen molar-refractivity contribution in [3.63, 3.8) is 0 Å². The Morgan fingerprint density at radius 3 is 2.68 bits per heavy atom. The van der Waals surface area contributed by atoms with Gasteiger partial charge in [0.25, 0.3) is 10.0 Å². The minimum absolute atomic E-state index is 0.175. The van der Waals surface area contributed by atoms with Gasteiger partial charge in [0.15, 0.2) is 8.68 Å². The number of sulfonamides is 1. The molecule has 0 fully saturated rings. The van der Waals surface area contributed by atoms with E-state index in [4.69, 9.17) is 11.6 Å². The summed E-state index contributed by atoms with van der Waals surface area (Å²) in [7, 11) is -0.262. The average molecular weight is 321 g/mol.